The molecule has 0 aliphatic rings. The maximum atomic E-state index is 12.5. The molecule has 0 spiro atoms. The van der Waals surface area contributed by atoms with Crippen molar-refractivity contribution in [2.45, 2.75) is 37.4 Å². The molecule has 0 fully saturated rings. The molecule has 1 aromatic rings. The summed E-state index contributed by atoms with van der Waals surface area (Å²) in [5, 5.41) is 32.1. The summed E-state index contributed by atoms with van der Waals surface area (Å²) in [5.74, 6) is -3.69. The number of rotatable bonds is 11. The molecule has 11 heteroatoms. The highest BCUT2D eigenvalue weighted by Crippen LogP contribution is 2.12. The van der Waals surface area contributed by atoms with Gasteiger partial charge in [0.05, 0.1) is 6.61 Å². The van der Waals surface area contributed by atoms with E-state index in [0.29, 0.717) is 5.56 Å². The molecule has 1 aromatic carbocycles. The number of nitrogens with one attached hydrogen (secondary N) is 2. The van der Waals surface area contributed by atoms with Crippen LogP contribution in [-0.2, 0) is 25.6 Å². The molecule has 0 saturated heterocycles. The number of aliphatic carboxylic acids is 1. The van der Waals surface area contributed by atoms with E-state index in [1.165, 1.54) is 24.3 Å². The quantitative estimate of drug-likeness (QED) is 0.214. The molecule has 1 rings (SSSR count). The number of phenolic OH excluding ortho intramolecular Hbond substituents is 1. The van der Waals surface area contributed by atoms with Crippen LogP contribution in [0.15, 0.2) is 24.3 Å². The standard InChI is InChI=1S/C17H24N4O7/c18-11(8-22)15(25)20-12(5-6-14(19)24)16(26)21-13(17(27)28)7-9-1-3-10(23)4-2-9/h1-4,11-13,22-23H,5-8,18H2,(H2,19,24)(H,20,25)(H,21,26)(H,27,28)/t11-,12-,13-/m0/s1. The van der Waals surface area contributed by atoms with Crippen molar-refractivity contribution in [3.05, 3.63) is 29.8 Å². The zero-order valence-electron chi connectivity index (χ0n) is 15.0. The minimum absolute atomic E-state index is 0.00844. The molecule has 11 nitrogen and oxygen atoms in total. The van der Waals surface area contributed by atoms with Gasteiger partial charge in [-0.25, -0.2) is 4.79 Å². The number of carboxylic acid groups (broad SMARTS) is 1. The monoisotopic (exact) mass is 396 g/mol. The molecular weight excluding hydrogens is 372 g/mol. The Hall–Kier alpha value is -3.18. The molecular formula is C17H24N4O7. The van der Waals surface area contributed by atoms with Crippen molar-refractivity contribution in [1.82, 2.24) is 10.6 Å². The van der Waals surface area contributed by atoms with Gasteiger partial charge >= 0.3 is 5.97 Å². The molecule has 0 aromatic heterocycles. The summed E-state index contributed by atoms with van der Waals surface area (Å²) in [4.78, 5) is 46.8. The number of amides is 3. The molecule has 28 heavy (non-hydrogen) atoms. The first kappa shape index (κ1) is 22.9. The molecule has 154 valence electrons. The first-order valence-corrected chi connectivity index (χ1v) is 8.40. The summed E-state index contributed by atoms with van der Waals surface area (Å²) < 4.78 is 0. The first-order chi connectivity index (χ1) is 13.1. The van der Waals surface area contributed by atoms with Crippen LogP contribution in [0.2, 0.25) is 0 Å². The van der Waals surface area contributed by atoms with E-state index >= 15 is 0 Å². The van der Waals surface area contributed by atoms with Crippen molar-refractivity contribution in [1.29, 1.82) is 0 Å². The summed E-state index contributed by atoms with van der Waals surface area (Å²) in [6, 6.07) is 1.89. The lowest BCUT2D eigenvalue weighted by molar-refractivity contribution is -0.142. The van der Waals surface area contributed by atoms with Crippen molar-refractivity contribution in [2.75, 3.05) is 6.61 Å². The van der Waals surface area contributed by atoms with Gasteiger partial charge in [0.25, 0.3) is 0 Å². The van der Waals surface area contributed by atoms with Crippen LogP contribution in [0.25, 0.3) is 0 Å². The third kappa shape index (κ3) is 7.60. The van der Waals surface area contributed by atoms with E-state index in [2.05, 4.69) is 10.6 Å². The Labute approximate surface area is 160 Å². The Bertz CT molecular complexity index is 708. The van der Waals surface area contributed by atoms with Crippen LogP contribution < -0.4 is 22.1 Å². The zero-order valence-corrected chi connectivity index (χ0v) is 15.0. The second kappa shape index (κ2) is 10.8. The molecule has 0 heterocycles. The average molecular weight is 396 g/mol. The van der Waals surface area contributed by atoms with Crippen molar-refractivity contribution in [3.8, 4) is 5.75 Å². The number of carboxylic acids is 1. The summed E-state index contributed by atoms with van der Waals surface area (Å²) >= 11 is 0. The van der Waals surface area contributed by atoms with E-state index in [-0.39, 0.29) is 25.0 Å². The lowest BCUT2D eigenvalue weighted by atomic mass is 10.0. The molecule has 0 saturated carbocycles. The predicted molar refractivity (Wildman–Crippen MR) is 96.8 cm³/mol. The predicted octanol–water partition coefficient (Wildman–Crippen LogP) is -2.43. The first-order valence-electron chi connectivity index (χ1n) is 8.40. The fourth-order valence-electron chi connectivity index (χ4n) is 2.26. The largest absolute Gasteiger partial charge is 0.508 e. The van der Waals surface area contributed by atoms with Crippen molar-refractivity contribution in [2.24, 2.45) is 11.5 Å². The lowest BCUT2D eigenvalue weighted by Gasteiger charge is -2.22. The summed E-state index contributed by atoms with van der Waals surface area (Å²) in [7, 11) is 0. The normalized spacial score (nSPS) is 13.8. The van der Waals surface area contributed by atoms with Gasteiger partial charge in [-0.1, -0.05) is 12.1 Å². The molecule has 0 unspecified atom stereocenters. The van der Waals surface area contributed by atoms with Crippen molar-refractivity contribution >= 4 is 23.7 Å². The number of carbonyl (C=O) groups excluding carboxylic acids is 3. The number of aromatic hydroxyl groups is 1. The lowest BCUT2D eigenvalue weighted by Crippen LogP contribution is -2.55. The number of hydrogen-bond acceptors (Lipinski definition) is 7. The molecule has 3 amide bonds. The van der Waals surface area contributed by atoms with Gasteiger partial charge in [-0.15, -0.1) is 0 Å². The van der Waals surface area contributed by atoms with Gasteiger partial charge in [0.15, 0.2) is 0 Å². The number of aliphatic hydroxyl groups excluding tert-OH is 1. The van der Waals surface area contributed by atoms with Gasteiger partial charge in [-0.3, -0.25) is 14.4 Å². The third-order valence-corrected chi connectivity index (χ3v) is 3.84. The topological polar surface area (TPSA) is 205 Å². The Kier molecular flexibility index (Phi) is 8.85. The second-order valence-corrected chi connectivity index (χ2v) is 6.13. The molecule has 0 radical (unpaired) electrons. The third-order valence-electron chi connectivity index (χ3n) is 3.84. The summed E-state index contributed by atoms with van der Waals surface area (Å²) in [5.41, 5.74) is 11.0. The smallest absolute Gasteiger partial charge is 0.326 e. The van der Waals surface area contributed by atoms with Crippen LogP contribution in [0.5, 0.6) is 5.75 Å². The maximum Gasteiger partial charge on any atom is 0.326 e. The molecule has 9 N–H and O–H groups in total. The highest BCUT2D eigenvalue weighted by Gasteiger charge is 2.28. The van der Waals surface area contributed by atoms with E-state index in [1.54, 1.807) is 0 Å². The fourth-order valence-corrected chi connectivity index (χ4v) is 2.26. The number of phenols is 1. The number of primary amides is 1. The highest BCUT2D eigenvalue weighted by atomic mass is 16.4. The Morgan fingerprint density at radius 1 is 1.00 bits per heavy atom. The minimum atomic E-state index is -1.32. The van der Waals surface area contributed by atoms with Gasteiger partial charge < -0.3 is 37.4 Å². The average Bonchev–Trinajstić information content (AvgIpc) is 2.64. The SMILES string of the molecule is NC(=O)CC[C@H](NC(=O)[C@@H](N)CO)C(=O)N[C@@H](Cc1ccc(O)cc1)C(=O)O. The highest BCUT2D eigenvalue weighted by molar-refractivity contribution is 5.92. The summed E-state index contributed by atoms with van der Waals surface area (Å²) in [6.45, 7) is -0.658. The van der Waals surface area contributed by atoms with Gasteiger partial charge in [0.1, 0.15) is 23.9 Å². The number of aliphatic hydroxyl groups is 1. The molecule has 3 atom stereocenters. The van der Waals surface area contributed by atoms with Gasteiger partial charge in [-0.05, 0) is 24.1 Å². The Morgan fingerprint density at radius 2 is 1.57 bits per heavy atom. The molecule has 0 bridgehead atoms. The van der Waals surface area contributed by atoms with E-state index in [1.807, 2.05) is 0 Å². The van der Waals surface area contributed by atoms with Crippen LogP contribution in [0.1, 0.15) is 18.4 Å². The van der Waals surface area contributed by atoms with E-state index in [9.17, 15) is 29.4 Å². The van der Waals surface area contributed by atoms with Crippen LogP contribution in [0, 0.1) is 0 Å². The van der Waals surface area contributed by atoms with E-state index in [4.69, 9.17) is 16.6 Å². The van der Waals surface area contributed by atoms with Crippen molar-refractivity contribution in [3.63, 3.8) is 0 Å². The molecule has 0 aliphatic heterocycles. The molecule has 0 aliphatic carbocycles. The van der Waals surface area contributed by atoms with Gasteiger partial charge in [-0.2, -0.15) is 0 Å². The van der Waals surface area contributed by atoms with Crippen LogP contribution in [-0.4, -0.2) is 63.7 Å². The number of carbonyl (C=O) groups is 4. The summed E-state index contributed by atoms with van der Waals surface area (Å²) in [6.07, 6.45) is -0.479. The van der Waals surface area contributed by atoms with Crippen molar-refractivity contribution < 1.29 is 34.5 Å². The zero-order chi connectivity index (χ0) is 21.3. The minimum Gasteiger partial charge on any atom is -0.508 e. The fraction of sp³-hybridized carbons (Fsp3) is 0.412. The van der Waals surface area contributed by atoms with E-state index < -0.39 is 48.4 Å². The van der Waals surface area contributed by atoms with Crippen LogP contribution in [0.4, 0.5) is 0 Å². The number of benzene rings is 1. The Morgan fingerprint density at radius 3 is 2.07 bits per heavy atom. The van der Waals surface area contributed by atoms with Crippen LogP contribution in [0.3, 0.4) is 0 Å². The maximum absolute atomic E-state index is 12.5. The van der Waals surface area contributed by atoms with Gasteiger partial charge in [0.2, 0.25) is 17.7 Å². The second-order valence-electron chi connectivity index (χ2n) is 6.13. The van der Waals surface area contributed by atoms with E-state index in [0.717, 1.165) is 0 Å². The number of hydrogen-bond donors (Lipinski definition) is 7. The Balaban J connectivity index is 2.87. The number of nitrogens with two attached hydrogens (primary N) is 2. The van der Waals surface area contributed by atoms with Crippen LogP contribution >= 0.6 is 0 Å². The van der Waals surface area contributed by atoms with Gasteiger partial charge in [0, 0.05) is 12.8 Å².